The van der Waals surface area contributed by atoms with Crippen molar-refractivity contribution >= 4 is 0 Å². The van der Waals surface area contributed by atoms with E-state index in [0.29, 0.717) is 5.69 Å². The van der Waals surface area contributed by atoms with Gasteiger partial charge in [-0.15, -0.1) is 0 Å². The molecule has 3 N–H and O–H groups in total. The lowest BCUT2D eigenvalue weighted by Gasteiger charge is -2.20. The maximum Gasteiger partial charge on any atom is 0.116 e. The SMILES string of the molecule is Cc1ccnc(C(C)(O)CN)c1. The minimum absolute atomic E-state index is 0.184. The molecule has 0 aliphatic rings. The van der Waals surface area contributed by atoms with Crippen LogP contribution in [-0.2, 0) is 5.60 Å². The molecule has 1 rings (SSSR count). The molecule has 1 aromatic rings. The molecule has 1 heterocycles. The van der Waals surface area contributed by atoms with E-state index in [0.717, 1.165) is 5.56 Å². The van der Waals surface area contributed by atoms with Gasteiger partial charge in [0.2, 0.25) is 0 Å². The molecule has 0 saturated heterocycles. The van der Waals surface area contributed by atoms with Gasteiger partial charge < -0.3 is 10.8 Å². The fourth-order valence-corrected chi connectivity index (χ4v) is 0.935. The van der Waals surface area contributed by atoms with Gasteiger partial charge in [-0.25, -0.2) is 0 Å². The van der Waals surface area contributed by atoms with Crippen molar-refractivity contribution in [2.45, 2.75) is 19.4 Å². The zero-order valence-electron chi connectivity index (χ0n) is 7.41. The molecule has 1 unspecified atom stereocenters. The molecule has 0 saturated carbocycles. The van der Waals surface area contributed by atoms with Crippen molar-refractivity contribution in [2.75, 3.05) is 6.54 Å². The van der Waals surface area contributed by atoms with Gasteiger partial charge in [0.15, 0.2) is 0 Å². The third kappa shape index (κ3) is 1.81. The van der Waals surface area contributed by atoms with Crippen molar-refractivity contribution in [3.8, 4) is 0 Å². The Bertz CT molecular complexity index is 271. The molecule has 0 aliphatic carbocycles. The number of nitrogens with zero attached hydrogens (tertiary/aromatic N) is 1. The summed E-state index contributed by atoms with van der Waals surface area (Å²) >= 11 is 0. The molecule has 0 spiro atoms. The van der Waals surface area contributed by atoms with Crippen LogP contribution < -0.4 is 5.73 Å². The van der Waals surface area contributed by atoms with Crippen LogP contribution in [0.5, 0.6) is 0 Å². The Morgan fingerprint density at radius 1 is 1.67 bits per heavy atom. The second-order valence-corrected chi connectivity index (χ2v) is 3.20. The van der Waals surface area contributed by atoms with Crippen LogP contribution in [0, 0.1) is 6.92 Å². The summed E-state index contributed by atoms with van der Waals surface area (Å²) < 4.78 is 0. The summed E-state index contributed by atoms with van der Waals surface area (Å²) in [5.41, 5.74) is 6.10. The number of hydrogen-bond acceptors (Lipinski definition) is 3. The summed E-state index contributed by atoms with van der Waals surface area (Å²) in [6, 6.07) is 3.73. The Morgan fingerprint density at radius 2 is 2.33 bits per heavy atom. The first-order valence-electron chi connectivity index (χ1n) is 3.92. The molecular weight excluding hydrogens is 152 g/mol. The van der Waals surface area contributed by atoms with Gasteiger partial charge in [-0.2, -0.15) is 0 Å². The number of aryl methyl sites for hydroxylation is 1. The Kier molecular flexibility index (Phi) is 2.45. The molecule has 0 bridgehead atoms. The van der Waals surface area contributed by atoms with Crippen LogP contribution >= 0.6 is 0 Å². The Labute approximate surface area is 72.2 Å². The van der Waals surface area contributed by atoms with E-state index in [1.54, 1.807) is 13.1 Å². The van der Waals surface area contributed by atoms with Gasteiger partial charge in [0, 0.05) is 12.7 Å². The van der Waals surface area contributed by atoms with E-state index in [-0.39, 0.29) is 6.54 Å². The molecule has 0 radical (unpaired) electrons. The highest BCUT2D eigenvalue weighted by Crippen LogP contribution is 2.16. The third-order valence-electron chi connectivity index (χ3n) is 1.86. The maximum atomic E-state index is 9.73. The molecule has 3 nitrogen and oxygen atoms in total. The molecule has 0 amide bonds. The average Bonchev–Trinajstić information content (AvgIpc) is 2.05. The predicted molar refractivity (Wildman–Crippen MR) is 47.6 cm³/mol. The van der Waals surface area contributed by atoms with E-state index in [2.05, 4.69) is 4.98 Å². The Morgan fingerprint density at radius 3 is 2.83 bits per heavy atom. The molecule has 0 aliphatic heterocycles. The van der Waals surface area contributed by atoms with E-state index in [1.807, 2.05) is 19.1 Å². The fourth-order valence-electron chi connectivity index (χ4n) is 0.935. The van der Waals surface area contributed by atoms with Crippen LogP contribution in [-0.4, -0.2) is 16.6 Å². The van der Waals surface area contributed by atoms with E-state index < -0.39 is 5.60 Å². The lowest BCUT2D eigenvalue weighted by molar-refractivity contribution is 0.0621. The molecular formula is C9H14N2O. The minimum atomic E-state index is -1.01. The van der Waals surface area contributed by atoms with Gasteiger partial charge in [-0.3, -0.25) is 4.98 Å². The van der Waals surface area contributed by atoms with E-state index >= 15 is 0 Å². The Hall–Kier alpha value is -0.930. The number of nitrogens with two attached hydrogens (primary N) is 1. The molecule has 1 atom stereocenters. The van der Waals surface area contributed by atoms with Crippen molar-refractivity contribution in [2.24, 2.45) is 5.73 Å². The first kappa shape index (κ1) is 9.16. The van der Waals surface area contributed by atoms with Gasteiger partial charge in [0.25, 0.3) is 0 Å². The zero-order chi connectivity index (χ0) is 9.19. The molecule has 0 aromatic carbocycles. The smallest absolute Gasteiger partial charge is 0.116 e. The summed E-state index contributed by atoms with van der Waals surface area (Å²) in [7, 11) is 0. The highest BCUT2D eigenvalue weighted by Gasteiger charge is 2.22. The van der Waals surface area contributed by atoms with E-state index in [9.17, 15) is 5.11 Å². The van der Waals surface area contributed by atoms with E-state index in [4.69, 9.17) is 5.73 Å². The monoisotopic (exact) mass is 166 g/mol. The predicted octanol–water partition coefficient (Wildman–Crippen LogP) is 0.556. The van der Waals surface area contributed by atoms with Crippen molar-refractivity contribution in [3.63, 3.8) is 0 Å². The molecule has 1 aromatic heterocycles. The summed E-state index contributed by atoms with van der Waals surface area (Å²) in [5, 5.41) is 9.73. The topological polar surface area (TPSA) is 59.1 Å². The van der Waals surface area contributed by atoms with Crippen LogP contribution in [0.2, 0.25) is 0 Å². The lowest BCUT2D eigenvalue weighted by Crippen LogP contribution is -2.32. The van der Waals surface area contributed by atoms with Crippen LogP contribution in [0.25, 0.3) is 0 Å². The normalized spacial score (nSPS) is 15.7. The molecule has 66 valence electrons. The van der Waals surface area contributed by atoms with Crippen LogP contribution in [0.4, 0.5) is 0 Å². The second-order valence-electron chi connectivity index (χ2n) is 3.20. The number of rotatable bonds is 2. The van der Waals surface area contributed by atoms with Gasteiger partial charge in [0.1, 0.15) is 5.60 Å². The highest BCUT2D eigenvalue weighted by molar-refractivity contribution is 5.19. The zero-order valence-corrected chi connectivity index (χ0v) is 7.41. The largest absolute Gasteiger partial charge is 0.383 e. The lowest BCUT2D eigenvalue weighted by atomic mass is 10.0. The standard InChI is InChI=1S/C9H14N2O/c1-7-3-4-11-8(5-7)9(2,12)6-10/h3-5,12H,6,10H2,1-2H3. The number of aliphatic hydroxyl groups is 1. The van der Waals surface area contributed by atoms with E-state index in [1.165, 1.54) is 0 Å². The third-order valence-corrected chi connectivity index (χ3v) is 1.86. The van der Waals surface area contributed by atoms with Crippen molar-refractivity contribution in [3.05, 3.63) is 29.6 Å². The molecule has 0 fully saturated rings. The highest BCUT2D eigenvalue weighted by atomic mass is 16.3. The Balaban J connectivity index is 3.03. The van der Waals surface area contributed by atoms with Gasteiger partial charge >= 0.3 is 0 Å². The van der Waals surface area contributed by atoms with Gasteiger partial charge in [0.05, 0.1) is 5.69 Å². The fraction of sp³-hybridized carbons (Fsp3) is 0.444. The van der Waals surface area contributed by atoms with Crippen LogP contribution in [0.3, 0.4) is 0 Å². The number of hydrogen-bond donors (Lipinski definition) is 2. The second kappa shape index (κ2) is 3.21. The van der Waals surface area contributed by atoms with Crippen molar-refractivity contribution in [1.82, 2.24) is 4.98 Å². The summed E-state index contributed by atoms with van der Waals surface area (Å²) in [4.78, 5) is 4.05. The van der Waals surface area contributed by atoms with Crippen molar-refractivity contribution in [1.29, 1.82) is 0 Å². The average molecular weight is 166 g/mol. The summed E-state index contributed by atoms with van der Waals surface area (Å²) in [6.07, 6.45) is 1.68. The summed E-state index contributed by atoms with van der Waals surface area (Å²) in [6.45, 7) is 3.80. The molecule has 3 heteroatoms. The number of pyridine rings is 1. The van der Waals surface area contributed by atoms with Crippen molar-refractivity contribution < 1.29 is 5.11 Å². The van der Waals surface area contributed by atoms with Crippen LogP contribution in [0.15, 0.2) is 18.3 Å². The maximum absolute atomic E-state index is 9.73. The first-order valence-corrected chi connectivity index (χ1v) is 3.92. The van der Waals surface area contributed by atoms with Gasteiger partial charge in [-0.05, 0) is 31.5 Å². The summed E-state index contributed by atoms with van der Waals surface area (Å²) in [5.74, 6) is 0. The van der Waals surface area contributed by atoms with Gasteiger partial charge in [-0.1, -0.05) is 0 Å². The quantitative estimate of drug-likeness (QED) is 0.674. The number of aromatic nitrogens is 1. The minimum Gasteiger partial charge on any atom is -0.383 e. The first-order chi connectivity index (χ1) is 5.56. The molecule has 12 heavy (non-hydrogen) atoms. The van der Waals surface area contributed by atoms with Crippen LogP contribution in [0.1, 0.15) is 18.2 Å².